The molecule has 6 rings (SSSR count). The molecule has 2 amide bonds. The maximum absolute atomic E-state index is 14.1. The summed E-state index contributed by atoms with van der Waals surface area (Å²) in [5.41, 5.74) is 3.01. The highest BCUT2D eigenvalue weighted by molar-refractivity contribution is 6.42. The van der Waals surface area contributed by atoms with E-state index >= 15 is 0 Å². The highest BCUT2D eigenvalue weighted by atomic mass is 35.5. The maximum atomic E-state index is 14.1. The van der Waals surface area contributed by atoms with Gasteiger partial charge in [0.1, 0.15) is 17.2 Å². The summed E-state index contributed by atoms with van der Waals surface area (Å²) in [7, 11) is 0. The molecule has 0 saturated carbocycles. The fourth-order valence-corrected chi connectivity index (χ4v) is 6.59. The topological polar surface area (TPSA) is 61.9 Å². The van der Waals surface area contributed by atoms with Crippen LogP contribution in [-0.4, -0.2) is 48.0 Å². The molecule has 3 aromatic rings. The minimum absolute atomic E-state index is 0.0385. The Balaban J connectivity index is 1.18. The van der Waals surface area contributed by atoms with Crippen molar-refractivity contribution in [3.05, 3.63) is 98.5 Å². The first-order chi connectivity index (χ1) is 19.7. The zero-order chi connectivity index (χ0) is 28.7. The number of carbonyl (C=O) groups is 2. The van der Waals surface area contributed by atoms with E-state index in [-0.39, 0.29) is 17.5 Å². The Morgan fingerprint density at radius 3 is 2.49 bits per heavy atom. The fourth-order valence-electron chi connectivity index (χ4n) is 6.29. The van der Waals surface area contributed by atoms with Crippen molar-refractivity contribution in [3.8, 4) is 0 Å². The van der Waals surface area contributed by atoms with E-state index in [1.165, 1.54) is 24.3 Å². The van der Waals surface area contributed by atoms with E-state index in [1.807, 2.05) is 6.07 Å². The number of hydrogen-bond donors (Lipinski definition) is 1. The van der Waals surface area contributed by atoms with E-state index in [1.54, 1.807) is 29.2 Å². The molecule has 10 heteroatoms. The molecule has 1 atom stereocenters. The number of nitrogens with zero attached hydrogens (tertiary/aromatic N) is 2. The summed E-state index contributed by atoms with van der Waals surface area (Å²) in [6.07, 6.45) is 1.68. The molecule has 0 aromatic heterocycles. The predicted molar refractivity (Wildman–Crippen MR) is 153 cm³/mol. The van der Waals surface area contributed by atoms with Gasteiger partial charge in [0.05, 0.1) is 21.7 Å². The number of rotatable bonds is 5. The lowest BCUT2D eigenvalue weighted by Gasteiger charge is -2.44. The van der Waals surface area contributed by atoms with Gasteiger partial charge in [-0.2, -0.15) is 0 Å². The SMILES string of the molecule is O=C1Nc2ccc(F)cc2C2(CCN(CCC(C(=O)N3CCc4ccc(F)cc4C3)c3ccc(Cl)c(Cl)c3)CC2)O1. The summed E-state index contributed by atoms with van der Waals surface area (Å²) in [4.78, 5) is 30.3. The van der Waals surface area contributed by atoms with Gasteiger partial charge in [-0.15, -0.1) is 0 Å². The maximum Gasteiger partial charge on any atom is 0.412 e. The molecule has 1 spiro atoms. The summed E-state index contributed by atoms with van der Waals surface area (Å²) >= 11 is 12.5. The number of carbonyl (C=O) groups excluding carboxylic acids is 2. The second-order valence-electron chi connectivity index (χ2n) is 11.0. The van der Waals surface area contributed by atoms with E-state index in [0.717, 1.165) is 16.7 Å². The zero-order valence-electron chi connectivity index (χ0n) is 22.3. The van der Waals surface area contributed by atoms with Crippen LogP contribution in [0.3, 0.4) is 0 Å². The Hall–Kier alpha value is -3.20. The van der Waals surface area contributed by atoms with Crippen LogP contribution < -0.4 is 5.32 Å². The Kier molecular flexibility index (Phi) is 7.66. The summed E-state index contributed by atoms with van der Waals surface area (Å²) in [5, 5.41) is 3.46. The van der Waals surface area contributed by atoms with Crippen LogP contribution in [-0.2, 0) is 28.1 Å². The van der Waals surface area contributed by atoms with Gasteiger partial charge in [0.2, 0.25) is 5.91 Å². The Morgan fingerprint density at radius 2 is 1.71 bits per heavy atom. The van der Waals surface area contributed by atoms with Crippen molar-refractivity contribution >= 4 is 40.9 Å². The van der Waals surface area contributed by atoms with Gasteiger partial charge in [-0.05, 0) is 78.5 Å². The molecule has 0 bridgehead atoms. The lowest BCUT2D eigenvalue weighted by atomic mass is 9.82. The largest absolute Gasteiger partial charge is 0.438 e. The van der Waals surface area contributed by atoms with Crippen molar-refractivity contribution in [2.45, 2.75) is 43.7 Å². The Bertz CT molecular complexity index is 1510. The van der Waals surface area contributed by atoms with Crippen LogP contribution in [0.15, 0.2) is 54.6 Å². The minimum Gasteiger partial charge on any atom is -0.438 e. The lowest BCUT2D eigenvalue weighted by Crippen LogP contribution is -2.48. The standard InChI is InChI=1S/C31H29Cl2F2N3O3/c32-26-5-2-20(16-27(26)33)24(29(39)38-12-7-19-1-3-22(34)15-21(19)18-38)8-11-37-13-9-31(10-14-37)25-17-23(35)4-6-28(25)36-30(40)41-31/h1-6,15-17,24H,7-14,18H2,(H,36,40). The van der Waals surface area contributed by atoms with Crippen molar-refractivity contribution in [1.29, 1.82) is 0 Å². The number of anilines is 1. The van der Waals surface area contributed by atoms with Crippen molar-refractivity contribution in [2.24, 2.45) is 0 Å². The van der Waals surface area contributed by atoms with Crippen LogP contribution in [0, 0.1) is 11.6 Å². The van der Waals surface area contributed by atoms with Gasteiger partial charge in [0.25, 0.3) is 0 Å². The number of amides is 2. The highest BCUT2D eigenvalue weighted by Crippen LogP contribution is 2.44. The van der Waals surface area contributed by atoms with Crippen molar-refractivity contribution < 1.29 is 23.1 Å². The molecule has 3 aliphatic heterocycles. The molecule has 1 unspecified atom stereocenters. The molecule has 0 radical (unpaired) electrons. The van der Waals surface area contributed by atoms with E-state index < -0.39 is 17.6 Å². The molecule has 41 heavy (non-hydrogen) atoms. The van der Waals surface area contributed by atoms with Gasteiger partial charge in [-0.1, -0.05) is 35.3 Å². The summed E-state index contributed by atoms with van der Waals surface area (Å²) < 4.78 is 33.8. The Morgan fingerprint density at radius 1 is 0.951 bits per heavy atom. The molecule has 1 saturated heterocycles. The van der Waals surface area contributed by atoms with Crippen LogP contribution in [0.4, 0.5) is 19.3 Å². The molecule has 1 fully saturated rings. The first kappa shape index (κ1) is 27.9. The summed E-state index contributed by atoms with van der Waals surface area (Å²) in [6, 6.07) is 14.4. The second-order valence-corrected chi connectivity index (χ2v) is 11.8. The van der Waals surface area contributed by atoms with Gasteiger partial charge >= 0.3 is 6.09 Å². The second kappa shape index (κ2) is 11.2. The van der Waals surface area contributed by atoms with Gasteiger partial charge in [-0.25, -0.2) is 13.6 Å². The van der Waals surface area contributed by atoms with E-state index in [9.17, 15) is 18.4 Å². The third-order valence-corrected chi connectivity index (χ3v) is 9.27. The normalized spacial score (nSPS) is 18.7. The number of benzene rings is 3. The molecule has 1 N–H and O–H groups in total. The first-order valence-electron chi connectivity index (χ1n) is 13.7. The molecular formula is C31H29Cl2F2N3O3. The van der Waals surface area contributed by atoms with Crippen LogP contribution in [0.25, 0.3) is 0 Å². The summed E-state index contributed by atoms with van der Waals surface area (Å²) in [5.74, 6) is -1.20. The number of hydrogen-bond acceptors (Lipinski definition) is 4. The van der Waals surface area contributed by atoms with Gasteiger partial charge in [-0.3, -0.25) is 10.1 Å². The first-order valence-corrected chi connectivity index (χ1v) is 14.5. The molecule has 3 aromatic carbocycles. The molecular weight excluding hydrogens is 571 g/mol. The highest BCUT2D eigenvalue weighted by Gasteiger charge is 2.44. The van der Waals surface area contributed by atoms with Gasteiger partial charge in [0, 0.05) is 44.6 Å². The summed E-state index contributed by atoms with van der Waals surface area (Å²) in [6.45, 7) is 2.75. The van der Waals surface area contributed by atoms with Gasteiger partial charge < -0.3 is 14.5 Å². The van der Waals surface area contributed by atoms with Crippen molar-refractivity contribution in [2.75, 3.05) is 31.5 Å². The number of halogens is 4. The molecule has 3 aliphatic rings. The quantitative estimate of drug-likeness (QED) is 0.347. The number of likely N-dealkylation sites (tertiary alicyclic amines) is 1. The Labute approximate surface area is 247 Å². The number of ether oxygens (including phenoxy) is 1. The molecule has 0 aliphatic carbocycles. The van der Waals surface area contributed by atoms with Gasteiger partial charge in [0.15, 0.2) is 0 Å². The third kappa shape index (κ3) is 5.65. The molecule has 3 heterocycles. The molecule has 214 valence electrons. The smallest absolute Gasteiger partial charge is 0.412 e. The van der Waals surface area contributed by atoms with Crippen LogP contribution in [0.2, 0.25) is 10.0 Å². The average Bonchev–Trinajstić information content (AvgIpc) is 2.96. The third-order valence-electron chi connectivity index (χ3n) is 8.53. The van der Waals surface area contributed by atoms with Crippen LogP contribution in [0.1, 0.15) is 47.4 Å². The van der Waals surface area contributed by atoms with Crippen molar-refractivity contribution in [3.63, 3.8) is 0 Å². The lowest BCUT2D eigenvalue weighted by molar-refractivity contribution is -0.134. The number of fused-ring (bicyclic) bond motifs is 3. The zero-order valence-corrected chi connectivity index (χ0v) is 23.8. The van der Waals surface area contributed by atoms with Crippen LogP contribution in [0.5, 0.6) is 0 Å². The van der Waals surface area contributed by atoms with Crippen molar-refractivity contribution in [1.82, 2.24) is 9.80 Å². The minimum atomic E-state index is -0.883. The monoisotopic (exact) mass is 599 g/mol. The number of nitrogens with one attached hydrogen (secondary N) is 1. The fraction of sp³-hybridized carbons (Fsp3) is 0.355. The molecule has 6 nitrogen and oxygen atoms in total. The average molecular weight is 600 g/mol. The van der Waals surface area contributed by atoms with E-state index in [2.05, 4.69) is 10.2 Å². The predicted octanol–water partition coefficient (Wildman–Crippen LogP) is 6.88. The number of piperidine rings is 1. The van der Waals surface area contributed by atoms with E-state index in [0.29, 0.717) is 79.7 Å². The van der Waals surface area contributed by atoms with Crippen LogP contribution >= 0.6 is 23.2 Å². The van der Waals surface area contributed by atoms with E-state index in [4.69, 9.17) is 27.9 Å².